The third-order valence-corrected chi connectivity index (χ3v) is 3.78. The molecular weight excluding hydrogens is 353 g/mol. The number of carbonyl (C=O) groups excluding carboxylic acids is 1. The summed E-state index contributed by atoms with van der Waals surface area (Å²) >= 11 is 0. The first-order valence-electron chi connectivity index (χ1n) is 6.85. The minimum Gasteiger partial charge on any atom is -0.465 e. The molecule has 5 nitrogen and oxygen atoms in total. The highest BCUT2D eigenvalue weighted by Gasteiger charge is 2.61. The van der Waals surface area contributed by atoms with Crippen LogP contribution in [0.25, 0.3) is 10.9 Å². The van der Waals surface area contributed by atoms with E-state index in [1.165, 1.54) is 19.1 Å². The molecule has 0 saturated heterocycles. The number of halogens is 5. The van der Waals surface area contributed by atoms with Crippen LogP contribution in [0.2, 0.25) is 0 Å². The number of ether oxygens (including phenoxy) is 3. The Kier molecular flexibility index (Phi) is 3.73. The van der Waals surface area contributed by atoms with Crippen LogP contribution in [-0.4, -0.2) is 31.0 Å². The molecular formula is C15H10F5NO4. The van der Waals surface area contributed by atoms with Gasteiger partial charge >= 0.3 is 18.1 Å². The van der Waals surface area contributed by atoms with Crippen molar-refractivity contribution in [1.29, 1.82) is 0 Å². The highest BCUT2D eigenvalue weighted by Crippen LogP contribution is 2.46. The Morgan fingerprint density at radius 1 is 1.16 bits per heavy atom. The molecule has 0 fully saturated rings. The van der Waals surface area contributed by atoms with Crippen molar-refractivity contribution in [3.8, 4) is 11.5 Å². The third-order valence-electron chi connectivity index (χ3n) is 3.78. The van der Waals surface area contributed by atoms with Crippen molar-refractivity contribution in [3.05, 3.63) is 29.0 Å². The zero-order chi connectivity index (χ0) is 18.6. The van der Waals surface area contributed by atoms with Crippen molar-refractivity contribution in [2.75, 3.05) is 13.9 Å². The van der Waals surface area contributed by atoms with Crippen molar-refractivity contribution >= 4 is 16.9 Å². The Morgan fingerprint density at radius 2 is 1.76 bits per heavy atom. The molecule has 2 heterocycles. The van der Waals surface area contributed by atoms with Crippen LogP contribution < -0.4 is 9.47 Å². The molecule has 1 aliphatic rings. The van der Waals surface area contributed by atoms with E-state index in [0.717, 1.165) is 7.11 Å². The molecule has 2 aromatic rings. The van der Waals surface area contributed by atoms with E-state index in [0.29, 0.717) is 0 Å². The lowest BCUT2D eigenvalue weighted by atomic mass is 9.98. The van der Waals surface area contributed by atoms with E-state index in [1.54, 1.807) is 0 Å². The van der Waals surface area contributed by atoms with E-state index in [2.05, 4.69) is 9.72 Å². The van der Waals surface area contributed by atoms with Gasteiger partial charge < -0.3 is 14.2 Å². The number of hydrogen-bond donors (Lipinski definition) is 0. The fourth-order valence-electron chi connectivity index (χ4n) is 2.53. The molecule has 0 bridgehead atoms. The normalized spacial score (nSPS) is 14.0. The lowest BCUT2D eigenvalue weighted by Crippen LogP contribution is -2.36. The molecule has 0 atom stereocenters. The Labute approximate surface area is 137 Å². The predicted molar refractivity (Wildman–Crippen MR) is 73.9 cm³/mol. The van der Waals surface area contributed by atoms with Crippen molar-refractivity contribution in [1.82, 2.24) is 4.98 Å². The van der Waals surface area contributed by atoms with Gasteiger partial charge in [0.05, 0.1) is 18.2 Å². The van der Waals surface area contributed by atoms with Gasteiger partial charge in [0.25, 0.3) is 0 Å². The smallest absolute Gasteiger partial charge is 0.459 e. The van der Waals surface area contributed by atoms with Gasteiger partial charge in [0.1, 0.15) is 5.69 Å². The summed E-state index contributed by atoms with van der Waals surface area (Å²) in [5.41, 5.74) is -2.96. The van der Waals surface area contributed by atoms with E-state index in [9.17, 15) is 26.7 Å². The summed E-state index contributed by atoms with van der Waals surface area (Å²) < 4.78 is 81.0. The van der Waals surface area contributed by atoms with Gasteiger partial charge in [-0.25, -0.2) is 9.78 Å². The Morgan fingerprint density at radius 3 is 2.32 bits per heavy atom. The number of alkyl halides is 5. The third kappa shape index (κ3) is 2.52. The summed E-state index contributed by atoms with van der Waals surface area (Å²) in [6, 6.07) is 2.55. The molecule has 10 heteroatoms. The molecule has 0 spiro atoms. The highest BCUT2D eigenvalue weighted by molar-refractivity contribution is 5.99. The Balaban J connectivity index is 2.39. The van der Waals surface area contributed by atoms with Gasteiger partial charge in [0.15, 0.2) is 11.5 Å². The van der Waals surface area contributed by atoms with Crippen LogP contribution in [0.3, 0.4) is 0 Å². The largest absolute Gasteiger partial charge is 0.465 e. The van der Waals surface area contributed by atoms with Gasteiger partial charge in [0, 0.05) is 11.5 Å². The Bertz CT molecular complexity index is 879. The van der Waals surface area contributed by atoms with E-state index in [-0.39, 0.29) is 34.8 Å². The fraction of sp³-hybridized carbons (Fsp3) is 0.333. The summed E-state index contributed by atoms with van der Waals surface area (Å²) in [6.45, 7) is 1.11. The lowest BCUT2D eigenvalue weighted by Gasteiger charge is -2.22. The van der Waals surface area contributed by atoms with Crippen LogP contribution in [0.1, 0.15) is 21.6 Å². The second kappa shape index (κ2) is 5.43. The maximum Gasteiger partial charge on any atom is 0.459 e. The van der Waals surface area contributed by atoms with E-state index >= 15 is 0 Å². The highest BCUT2D eigenvalue weighted by atomic mass is 19.4. The zero-order valence-electron chi connectivity index (χ0n) is 12.8. The van der Waals surface area contributed by atoms with Crippen LogP contribution in [0.4, 0.5) is 22.0 Å². The number of methoxy groups -OCH3 is 1. The molecule has 0 aliphatic carbocycles. The fourth-order valence-corrected chi connectivity index (χ4v) is 2.53. The van der Waals surface area contributed by atoms with Crippen molar-refractivity contribution in [2.24, 2.45) is 0 Å². The summed E-state index contributed by atoms with van der Waals surface area (Å²) in [4.78, 5) is 15.3. The molecule has 1 aromatic heterocycles. The molecule has 0 amide bonds. The van der Waals surface area contributed by atoms with Crippen molar-refractivity contribution in [2.45, 2.75) is 19.0 Å². The molecule has 0 radical (unpaired) electrons. The lowest BCUT2D eigenvalue weighted by molar-refractivity contribution is -0.291. The molecule has 1 aliphatic heterocycles. The molecule has 0 unspecified atom stereocenters. The number of aromatic nitrogens is 1. The summed E-state index contributed by atoms with van der Waals surface area (Å²) in [7, 11) is 0.876. The van der Waals surface area contributed by atoms with Crippen molar-refractivity contribution in [3.63, 3.8) is 0 Å². The molecule has 3 rings (SSSR count). The number of nitrogens with zero attached hydrogens (tertiary/aromatic N) is 1. The maximum atomic E-state index is 14.0. The van der Waals surface area contributed by atoms with Crippen LogP contribution in [0.15, 0.2) is 12.1 Å². The minimum absolute atomic E-state index is 0.125. The second-order valence-electron chi connectivity index (χ2n) is 5.25. The van der Waals surface area contributed by atoms with E-state index in [1.807, 2.05) is 0 Å². The zero-order valence-corrected chi connectivity index (χ0v) is 12.8. The topological polar surface area (TPSA) is 57.7 Å². The number of aryl methyl sites for hydroxylation is 1. The number of hydrogen-bond acceptors (Lipinski definition) is 5. The predicted octanol–water partition coefficient (Wildman–Crippen LogP) is 3.71. The molecule has 0 saturated carbocycles. The molecule has 134 valence electrons. The first-order valence-corrected chi connectivity index (χ1v) is 6.85. The first-order chi connectivity index (χ1) is 11.6. The van der Waals surface area contributed by atoms with Gasteiger partial charge in [-0.15, -0.1) is 0 Å². The Hall–Kier alpha value is -2.65. The van der Waals surface area contributed by atoms with E-state index < -0.39 is 29.3 Å². The van der Waals surface area contributed by atoms with E-state index in [4.69, 9.17) is 9.47 Å². The molecule has 0 N–H and O–H groups in total. The average molecular weight is 363 g/mol. The van der Waals surface area contributed by atoms with Gasteiger partial charge in [-0.2, -0.15) is 22.0 Å². The van der Waals surface area contributed by atoms with Gasteiger partial charge in [0.2, 0.25) is 6.79 Å². The summed E-state index contributed by atoms with van der Waals surface area (Å²) in [5.74, 6) is -6.26. The monoisotopic (exact) mass is 363 g/mol. The number of carbonyl (C=O) groups is 1. The summed E-state index contributed by atoms with van der Waals surface area (Å²) in [6.07, 6.45) is -5.93. The van der Waals surface area contributed by atoms with Crippen LogP contribution >= 0.6 is 0 Å². The molecule has 25 heavy (non-hydrogen) atoms. The number of fused-ring (bicyclic) bond motifs is 2. The second-order valence-corrected chi connectivity index (χ2v) is 5.25. The number of esters is 1. The standard InChI is InChI=1S/C15H10F5NO4/c1-6-7-3-9-10(25-5-24-9)4-8(7)21-12(11(6)13(22)23-2)14(16,17)15(18,19)20/h3-4H,5H2,1-2H3. The molecule has 1 aromatic carbocycles. The first kappa shape index (κ1) is 17.2. The van der Waals surface area contributed by atoms with Crippen LogP contribution in [-0.2, 0) is 10.7 Å². The summed E-state index contributed by atoms with van der Waals surface area (Å²) in [5, 5.41) is 0.173. The number of pyridine rings is 1. The maximum absolute atomic E-state index is 14.0. The quantitative estimate of drug-likeness (QED) is 0.601. The van der Waals surface area contributed by atoms with Gasteiger partial charge in [-0.1, -0.05) is 0 Å². The van der Waals surface area contributed by atoms with Gasteiger partial charge in [-0.3, -0.25) is 0 Å². The van der Waals surface area contributed by atoms with Crippen molar-refractivity contribution < 1.29 is 41.0 Å². The average Bonchev–Trinajstić information content (AvgIpc) is 2.98. The number of rotatable bonds is 2. The minimum atomic E-state index is -5.93. The van der Waals surface area contributed by atoms with Crippen LogP contribution in [0, 0.1) is 6.92 Å². The van der Waals surface area contributed by atoms with Gasteiger partial charge in [-0.05, 0) is 18.6 Å². The van der Waals surface area contributed by atoms with Crippen LogP contribution in [0.5, 0.6) is 11.5 Å². The number of benzene rings is 1. The SMILES string of the molecule is COC(=O)c1c(C(F)(F)C(F)(F)F)nc2cc3c(cc2c1C)OCO3.